The molecular formula is C28H24O2S. The molecule has 0 bridgehead atoms. The highest BCUT2D eigenvalue weighted by Gasteiger charge is 2.13. The third kappa shape index (κ3) is 5.39. The van der Waals surface area contributed by atoms with Crippen molar-refractivity contribution in [3.8, 4) is 5.75 Å². The molecule has 31 heavy (non-hydrogen) atoms. The van der Waals surface area contributed by atoms with Gasteiger partial charge in [0.05, 0.1) is 0 Å². The zero-order chi connectivity index (χ0) is 21.5. The first-order valence-electron chi connectivity index (χ1n) is 10.3. The molecule has 0 N–H and O–H groups in total. The van der Waals surface area contributed by atoms with Crippen LogP contribution in [-0.2, 0) is 17.6 Å². The molecule has 0 radical (unpaired) electrons. The maximum atomic E-state index is 11.9. The lowest BCUT2D eigenvalue weighted by molar-refractivity contribution is -0.131. The van der Waals surface area contributed by atoms with Gasteiger partial charge in [-0.1, -0.05) is 91.0 Å². The highest BCUT2D eigenvalue weighted by atomic mass is 32.1. The smallest absolute Gasteiger partial charge is 0.308 e. The predicted octanol–water partition coefficient (Wildman–Crippen LogP) is 7.13. The molecule has 3 aromatic carbocycles. The van der Waals surface area contributed by atoms with Gasteiger partial charge in [-0.3, -0.25) is 4.79 Å². The molecule has 0 fully saturated rings. The Morgan fingerprint density at radius 3 is 2.32 bits per heavy atom. The van der Waals surface area contributed by atoms with Gasteiger partial charge in [-0.05, 0) is 33.3 Å². The van der Waals surface area contributed by atoms with Gasteiger partial charge >= 0.3 is 5.97 Å². The van der Waals surface area contributed by atoms with Crippen molar-refractivity contribution in [2.75, 3.05) is 0 Å². The first kappa shape index (κ1) is 20.8. The molecular weight excluding hydrogens is 400 g/mol. The molecule has 1 heterocycles. The summed E-state index contributed by atoms with van der Waals surface area (Å²) in [6.45, 7) is 1.45. The quantitative estimate of drug-likeness (QED) is 0.318. The lowest BCUT2D eigenvalue weighted by Crippen LogP contribution is -2.05. The zero-order valence-corrected chi connectivity index (χ0v) is 18.3. The highest BCUT2D eigenvalue weighted by molar-refractivity contribution is 7.09. The van der Waals surface area contributed by atoms with E-state index in [-0.39, 0.29) is 5.97 Å². The van der Waals surface area contributed by atoms with Gasteiger partial charge in [0.15, 0.2) is 0 Å². The molecule has 0 amide bonds. The van der Waals surface area contributed by atoms with Gasteiger partial charge in [0, 0.05) is 30.2 Å². The highest BCUT2D eigenvalue weighted by Crippen LogP contribution is 2.30. The molecule has 0 aliphatic heterocycles. The summed E-state index contributed by atoms with van der Waals surface area (Å²) in [5.74, 6) is 0.297. The number of fused-ring (bicyclic) bond motifs is 1. The monoisotopic (exact) mass is 424 g/mol. The van der Waals surface area contributed by atoms with E-state index in [1.807, 2.05) is 42.5 Å². The molecule has 0 atom stereocenters. The number of rotatable bonds is 5. The molecule has 154 valence electrons. The fraction of sp³-hybridized carbons (Fsp3) is 0.107. The van der Waals surface area contributed by atoms with Crippen molar-refractivity contribution in [2.45, 2.75) is 19.8 Å². The summed E-state index contributed by atoms with van der Waals surface area (Å²) < 4.78 is 5.69. The van der Waals surface area contributed by atoms with Crippen LogP contribution in [0.4, 0.5) is 0 Å². The Hall–Kier alpha value is -3.43. The number of ether oxygens (including phenoxy) is 1. The number of carbonyl (C=O) groups is 1. The zero-order valence-electron chi connectivity index (χ0n) is 17.5. The molecule has 1 aromatic heterocycles. The van der Waals surface area contributed by atoms with Crippen LogP contribution in [0.5, 0.6) is 5.75 Å². The largest absolute Gasteiger partial charge is 0.426 e. The Bertz CT molecular complexity index is 1230. The van der Waals surface area contributed by atoms with Gasteiger partial charge in [0.1, 0.15) is 5.75 Å². The van der Waals surface area contributed by atoms with Crippen molar-refractivity contribution in [3.63, 3.8) is 0 Å². The summed E-state index contributed by atoms with van der Waals surface area (Å²) in [7, 11) is 0. The van der Waals surface area contributed by atoms with E-state index in [1.165, 1.54) is 33.7 Å². The summed E-state index contributed by atoms with van der Waals surface area (Å²) in [6, 6.07) is 33.0. The molecule has 4 aromatic rings. The average Bonchev–Trinajstić information content (AvgIpc) is 2.86. The van der Waals surface area contributed by atoms with Crippen molar-refractivity contribution in [1.29, 1.82) is 0 Å². The maximum absolute atomic E-state index is 11.9. The van der Waals surface area contributed by atoms with E-state index in [0.717, 1.165) is 12.0 Å². The summed E-state index contributed by atoms with van der Waals surface area (Å²) in [6.07, 6.45) is 1.45. The van der Waals surface area contributed by atoms with Crippen molar-refractivity contribution < 1.29 is 9.53 Å². The second-order valence-corrected chi connectivity index (χ2v) is 8.34. The molecule has 0 aliphatic carbocycles. The number of esters is 1. The molecule has 4 rings (SSSR count). The first-order valence-corrected chi connectivity index (χ1v) is 11.2. The third-order valence-electron chi connectivity index (χ3n) is 5.10. The fourth-order valence-corrected chi connectivity index (χ4v) is 4.57. The van der Waals surface area contributed by atoms with Crippen LogP contribution in [0.1, 0.15) is 28.5 Å². The summed E-state index contributed by atoms with van der Waals surface area (Å²) >= 11 is 1.69. The van der Waals surface area contributed by atoms with Crippen LogP contribution in [0.25, 0.3) is 10.8 Å². The van der Waals surface area contributed by atoms with Crippen LogP contribution in [0.15, 0.2) is 102 Å². The fourth-order valence-electron chi connectivity index (χ4n) is 3.69. The second-order valence-electron chi connectivity index (χ2n) is 7.33. The molecule has 0 saturated carbocycles. The van der Waals surface area contributed by atoms with Gasteiger partial charge in [-0.2, -0.15) is 0 Å². The molecule has 0 spiro atoms. The summed E-state index contributed by atoms with van der Waals surface area (Å²) in [5, 5.41) is 4.57. The van der Waals surface area contributed by atoms with Gasteiger partial charge in [0.25, 0.3) is 0 Å². The summed E-state index contributed by atoms with van der Waals surface area (Å²) in [4.78, 5) is 13.1. The van der Waals surface area contributed by atoms with E-state index in [9.17, 15) is 4.79 Å². The van der Waals surface area contributed by atoms with E-state index in [4.69, 9.17) is 4.74 Å². The maximum Gasteiger partial charge on any atom is 0.308 e. The molecule has 3 heteroatoms. The van der Waals surface area contributed by atoms with Crippen LogP contribution in [0.2, 0.25) is 0 Å². The SMILES string of the molecule is CC(=O)Oc1cccccsc(Cc2cccc3ccccc23)c1Cc1ccccc1. The lowest BCUT2D eigenvalue weighted by Gasteiger charge is -2.13. The minimum atomic E-state index is -0.313. The molecule has 2 nitrogen and oxygen atoms in total. The number of carbonyl (C=O) groups excluding carboxylic acids is 1. The Morgan fingerprint density at radius 1 is 0.774 bits per heavy atom. The molecule has 0 unspecified atom stereocenters. The van der Waals surface area contributed by atoms with Crippen LogP contribution >= 0.6 is 11.3 Å². The van der Waals surface area contributed by atoms with E-state index in [0.29, 0.717) is 12.2 Å². The third-order valence-corrected chi connectivity index (χ3v) is 6.07. The van der Waals surface area contributed by atoms with Crippen LogP contribution in [-0.4, -0.2) is 5.97 Å². The minimum Gasteiger partial charge on any atom is -0.426 e. The Labute approximate surface area is 187 Å². The van der Waals surface area contributed by atoms with E-state index in [1.54, 1.807) is 11.3 Å². The minimum absolute atomic E-state index is 0.313. The second kappa shape index (κ2) is 10.1. The van der Waals surface area contributed by atoms with Crippen LogP contribution < -0.4 is 4.74 Å². The number of hydrogen-bond donors (Lipinski definition) is 0. The van der Waals surface area contributed by atoms with E-state index >= 15 is 0 Å². The van der Waals surface area contributed by atoms with Crippen LogP contribution in [0.3, 0.4) is 0 Å². The lowest BCUT2D eigenvalue weighted by atomic mass is 9.98. The summed E-state index contributed by atoms with van der Waals surface area (Å²) in [5.41, 5.74) is 3.48. The van der Waals surface area contributed by atoms with Crippen molar-refractivity contribution in [2.24, 2.45) is 0 Å². The van der Waals surface area contributed by atoms with Crippen molar-refractivity contribution >= 4 is 28.1 Å². The van der Waals surface area contributed by atoms with Crippen LogP contribution in [0, 0.1) is 0 Å². The predicted molar refractivity (Wildman–Crippen MR) is 129 cm³/mol. The average molecular weight is 425 g/mol. The van der Waals surface area contributed by atoms with Gasteiger partial charge in [-0.25, -0.2) is 0 Å². The van der Waals surface area contributed by atoms with Gasteiger partial charge in [0.2, 0.25) is 0 Å². The van der Waals surface area contributed by atoms with Crippen molar-refractivity contribution in [1.82, 2.24) is 0 Å². The Morgan fingerprint density at radius 2 is 1.48 bits per heavy atom. The van der Waals surface area contributed by atoms with E-state index < -0.39 is 0 Å². The van der Waals surface area contributed by atoms with Gasteiger partial charge < -0.3 is 4.74 Å². The Balaban J connectivity index is 1.90. The normalized spacial score (nSPS) is 10.5. The molecule has 0 saturated heterocycles. The number of hydrogen-bond acceptors (Lipinski definition) is 3. The first-order chi connectivity index (χ1) is 15.2. The molecule has 0 aliphatic rings. The topological polar surface area (TPSA) is 26.3 Å². The van der Waals surface area contributed by atoms with Gasteiger partial charge in [-0.15, -0.1) is 11.3 Å². The Kier molecular flexibility index (Phi) is 6.75. The van der Waals surface area contributed by atoms with E-state index in [2.05, 4.69) is 60.0 Å². The van der Waals surface area contributed by atoms with Crippen molar-refractivity contribution in [3.05, 3.63) is 124 Å². The standard InChI is InChI=1S/C28H24O2S/c1-21(29)30-27-17-6-3-9-18-31-28(26(27)19-22-11-4-2-5-12-22)20-24-15-10-14-23-13-7-8-16-25(23)24/h2-18H,19-20H2,1H3. The number of benzene rings is 3.